The van der Waals surface area contributed by atoms with Gasteiger partial charge in [0.05, 0.1) is 6.26 Å². The van der Waals surface area contributed by atoms with Crippen molar-refractivity contribution in [3.63, 3.8) is 0 Å². The fourth-order valence-corrected chi connectivity index (χ4v) is 4.15. The van der Waals surface area contributed by atoms with E-state index in [1.165, 1.54) is 6.26 Å². The number of hydrogen-bond donors (Lipinski definition) is 0. The first-order chi connectivity index (χ1) is 9.49. The summed E-state index contributed by atoms with van der Waals surface area (Å²) in [7, 11) is -3.05. The van der Waals surface area contributed by atoms with Crippen molar-refractivity contribution in [2.24, 2.45) is 5.41 Å². The van der Waals surface area contributed by atoms with Crippen LogP contribution in [0, 0.1) is 5.41 Å². The molecule has 1 spiro atoms. The topological polar surface area (TPSA) is 66.4 Å². The summed E-state index contributed by atoms with van der Waals surface area (Å²) in [4.78, 5) is 10.7. The minimum Gasteiger partial charge on any atom is -0.341 e. The number of piperidine rings is 1. The summed E-state index contributed by atoms with van der Waals surface area (Å²) in [6.45, 7) is 3.15. The number of nitrogens with zero attached hydrogens (tertiary/aromatic N) is 4. The predicted molar refractivity (Wildman–Crippen MR) is 76.9 cm³/mol. The number of hydrogen-bond acceptors (Lipinski definition) is 5. The minimum atomic E-state index is -3.05. The van der Waals surface area contributed by atoms with Crippen molar-refractivity contribution in [2.75, 3.05) is 37.3 Å². The van der Waals surface area contributed by atoms with Gasteiger partial charge in [-0.2, -0.15) is 0 Å². The summed E-state index contributed by atoms with van der Waals surface area (Å²) >= 11 is 0. The van der Waals surface area contributed by atoms with Gasteiger partial charge in [0, 0.05) is 38.6 Å². The Morgan fingerprint density at radius 2 is 1.70 bits per heavy atom. The molecular formula is C13H20N4O2S. The molecule has 0 bridgehead atoms. The quantitative estimate of drug-likeness (QED) is 0.805. The van der Waals surface area contributed by atoms with Gasteiger partial charge in [-0.25, -0.2) is 22.7 Å². The fraction of sp³-hybridized carbons (Fsp3) is 0.692. The Balaban J connectivity index is 1.65. The third-order valence-corrected chi connectivity index (χ3v) is 5.78. The average Bonchev–Trinajstić information content (AvgIpc) is 2.85. The smallest absolute Gasteiger partial charge is 0.225 e. The van der Waals surface area contributed by atoms with Gasteiger partial charge in [0.1, 0.15) is 0 Å². The summed E-state index contributed by atoms with van der Waals surface area (Å²) in [5, 5.41) is 0. The summed E-state index contributed by atoms with van der Waals surface area (Å²) in [5.74, 6) is 0.778. The Bertz CT molecular complexity index is 567. The largest absolute Gasteiger partial charge is 0.341 e. The molecule has 2 fully saturated rings. The molecule has 1 aromatic heterocycles. The van der Waals surface area contributed by atoms with Crippen molar-refractivity contribution in [3.05, 3.63) is 18.5 Å². The van der Waals surface area contributed by atoms with E-state index in [1.807, 2.05) is 6.07 Å². The molecular weight excluding hydrogens is 276 g/mol. The lowest BCUT2D eigenvalue weighted by atomic mass is 9.78. The van der Waals surface area contributed by atoms with Gasteiger partial charge in [-0.15, -0.1) is 0 Å². The summed E-state index contributed by atoms with van der Waals surface area (Å²) in [6, 6.07) is 1.82. The van der Waals surface area contributed by atoms with Crippen molar-refractivity contribution in [1.29, 1.82) is 0 Å². The molecule has 7 heteroatoms. The number of sulfonamides is 1. The average molecular weight is 296 g/mol. The van der Waals surface area contributed by atoms with E-state index in [0.29, 0.717) is 13.1 Å². The van der Waals surface area contributed by atoms with E-state index in [4.69, 9.17) is 0 Å². The molecule has 0 atom stereocenters. The van der Waals surface area contributed by atoms with Gasteiger partial charge in [-0.3, -0.25) is 0 Å². The van der Waals surface area contributed by atoms with Gasteiger partial charge < -0.3 is 4.90 Å². The van der Waals surface area contributed by atoms with Gasteiger partial charge >= 0.3 is 0 Å². The molecule has 0 unspecified atom stereocenters. The molecule has 110 valence electrons. The Morgan fingerprint density at radius 3 is 2.25 bits per heavy atom. The lowest BCUT2D eigenvalue weighted by Gasteiger charge is -2.39. The first-order valence-corrected chi connectivity index (χ1v) is 8.81. The summed E-state index contributed by atoms with van der Waals surface area (Å²) < 4.78 is 24.9. The Morgan fingerprint density at radius 1 is 1.10 bits per heavy atom. The molecule has 3 heterocycles. The maximum absolute atomic E-state index is 11.6. The van der Waals surface area contributed by atoms with Crippen LogP contribution < -0.4 is 4.90 Å². The van der Waals surface area contributed by atoms with E-state index in [0.717, 1.165) is 38.3 Å². The van der Waals surface area contributed by atoms with Crippen molar-refractivity contribution in [3.8, 4) is 0 Å². The summed E-state index contributed by atoms with van der Waals surface area (Å²) in [6.07, 6.45) is 7.82. The third kappa shape index (κ3) is 2.64. The molecule has 20 heavy (non-hydrogen) atoms. The molecule has 1 aromatic rings. The normalized spacial score (nSPS) is 23.4. The van der Waals surface area contributed by atoms with Crippen LogP contribution in [0.5, 0.6) is 0 Å². The first-order valence-electron chi connectivity index (χ1n) is 6.96. The van der Waals surface area contributed by atoms with Crippen LogP contribution in [0.1, 0.15) is 19.3 Å². The Hall–Kier alpha value is -1.21. The molecule has 2 aliphatic rings. The Kier molecular flexibility index (Phi) is 3.41. The third-order valence-electron chi connectivity index (χ3n) is 4.53. The van der Waals surface area contributed by atoms with Crippen LogP contribution in [0.2, 0.25) is 0 Å². The minimum absolute atomic E-state index is 0.161. The zero-order valence-corrected chi connectivity index (χ0v) is 12.5. The molecule has 0 aliphatic carbocycles. The highest BCUT2D eigenvalue weighted by atomic mass is 32.2. The lowest BCUT2D eigenvalue weighted by Crippen LogP contribution is -2.42. The predicted octanol–water partition coefficient (Wildman–Crippen LogP) is 0.728. The van der Waals surface area contributed by atoms with Crippen LogP contribution in [-0.2, 0) is 10.0 Å². The van der Waals surface area contributed by atoms with Crippen LogP contribution >= 0.6 is 0 Å². The van der Waals surface area contributed by atoms with Crippen molar-refractivity contribution < 1.29 is 8.42 Å². The van der Waals surface area contributed by atoms with E-state index in [9.17, 15) is 8.42 Å². The Labute approximate surface area is 119 Å². The molecule has 2 saturated heterocycles. The van der Waals surface area contributed by atoms with Gasteiger partial charge in [0.15, 0.2) is 0 Å². The monoisotopic (exact) mass is 296 g/mol. The second-order valence-corrected chi connectivity index (χ2v) is 7.86. The molecule has 0 saturated carbocycles. The molecule has 0 radical (unpaired) electrons. The van der Waals surface area contributed by atoms with E-state index >= 15 is 0 Å². The maximum Gasteiger partial charge on any atom is 0.225 e. The molecule has 0 amide bonds. The zero-order chi connectivity index (χ0) is 14.2. The fourth-order valence-electron chi connectivity index (χ4n) is 3.22. The van der Waals surface area contributed by atoms with Crippen LogP contribution in [-0.4, -0.2) is 55.1 Å². The molecule has 0 N–H and O–H groups in total. The lowest BCUT2D eigenvalue weighted by molar-refractivity contribution is 0.234. The number of rotatable bonds is 2. The van der Waals surface area contributed by atoms with Crippen LogP contribution in [0.25, 0.3) is 0 Å². The van der Waals surface area contributed by atoms with Crippen molar-refractivity contribution >= 4 is 16.0 Å². The van der Waals surface area contributed by atoms with E-state index in [2.05, 4.69) is 14.9 Å². The zero-order valence-electron chi connectivity index (χ0n) is 11.7. The molecule has 3 rings (SSSR count). The van der Waals surface area contributed by atoms with E-state index in [-0.39, 0.29) is 5.41 Å². The van der Waals surface area contributed by atoms with Crippen LogP contribution in [0.4, 0.5) is 5.95 Å². The van der Waals surface area contributed by atoms with Gasteiger partial charge in [0.25, 0.3) is 0 Å². The first kappa shape index (κ1) is 13.8. The van der Waals surface area contributed by atoms with Crippen LogP contribution in [0.15, 0.2) is 18.5 Å². The van der Waals surface area contributed by atoms with E-state index < -0.39 is 10.0 Å². The number of aromatic nitrogens is 2. The SMILES string of the molecule is CS(=O)(=O)N1CCC2(CCN(c3ncccn3)CC2)C1. The van der Waals surface area contributed by atoms with Crippen molar-refractivity contribution in [2.45, 2.75) is 19.3 Å². The highest BCUT2D eigenvalue weighted by Gasteiger charge is 2.43. The van der Waals surface area contributed by atoms with E-state index in [1.54, 1.807) is 16.7 Å². The molecule has 6 nitrogen and oxygen atoms in total. The van der Waals surface area contributed by atoms with Gasteiger partial charge in [0.2, 0.25) is 16.0 Å². The highest BCUT2D eigenvalue weighted by Crippen LogP contribution is 2.41. The van der Waals surface area contributed by atoms with Crippen LogP contribution in [0.3, 0.4) is 0 Å². The number of anilines is 1. The molecule has 0 aromatic carbocycles. The van der Waals surface area contributed by atoms with Crippen molar-refractivity contribution in [1.82, 2.24) is 14.3 Å². The standard InChI is InChI=1S/C13H20N4O2S/c1-20(18,19)17-10-5-13(11-17)3-8-16(9-4-13)12-14-6-2-7-15-12/h2,6-7H,3-5,8-11H2,1H3. The van der Waals surface area contributed by atoms with Gasteiger partial charge in [-0.05, 0) is 30.7 Å². The second-order valence-electron chi connectivity index (χ2n) is 5.88. The molecule has 2 aliphatic heterocycles. The van der Waals surface area contributed by atoms with Gasteiger partial charge in [-0.1, -0.05) is 0 Å². The highest BCUT2D eigenvalue weighted by molar-refractivity contribution is 7.88. The second kappa shape index (κ2) is 4.96. The maximum atomic E-state index is 11.6. The summed E-state index contributed by atoms with van der Waals surface area (Å²) in [5.41, 5.74) is 0.161.